The Morgan fingerprint density at radius 1 is 1.44 bits per heavy atom. The van der Waals surface area contributed by atoms with Crippen LogP contribution in [0.5, 0.6) is 5.75 Å². The summed E-state index contributed by atoms with van der Waals surface area (Å²) < 4.78 is 0.722. The number of benzene rings is 1. The second kappa shape index (κ2) is 6.38. The number of carbonyl (C=O) groups excluding carboxylic acids is 1. The van der Waals surface area contributed by atoms with Crippen molar-refractivity contribution in [3.63, 3.8) is 0 Å². The van der Waals surface area contributed by atoms with E-state index in [4.69, 9.17) is 5.73 Å². The van der Waals surface area contributed by atoms with Gasteiger partial charge in [0.2, 0.25) is 0 Å². The van der Waals surface area contributed by atoms with Crippen LogP contribution in [0, 0.1) is 3.57 Å². The number of phenols is 1. The average Bonchev–Trinajstić information content (AvgIpc) is 2.39. The number of halogens is 1. The summed E-state index contributed by atoms with van der Waals surface area (Å²) in [6.45, 7) is 4.41. The fourth-order valence-corrected chi connectivity index (χ4v) is 2.07. The zero-order valence-electron chi connectivity index (χ0n) is 10.7. The molecular weight excluding hydrogens is 343 g/mol. The van der Waals surface area contributed by atoms with Crippen LogP contribution < -0.4 is 11.1 Å². The lowest BCUT2D eigenvalue weighted by atomic mass is 9.92. The van der Waals surface area contributed by atoms with Crippen molar-refractivity contribution in [1.82, 2.24) is 5.32 Å². The summed E-state index contributed by atoms with van der Waals surface area (Å²) in [4.78, 5) is 12.1. The number of phenolic OH excluding ortho intramolecular Hbond substituents is 1. The smallest absolute Gasteiger partial charge is 0.251 e. The van der Waals surface area contributed by atoms with Crippen LogP contribution in [-0.2, 0) is 0 Å². The Kier molecular flexibility index (Phi) is 5.40. The zero-order chi connectivity index (χ0) is 13.8. The molecule has 1 aromatic carbocycles. The van der Waals surface area contributed by atoms with E-state index in [1.165, 1.54) is 6.07 Å². The van der Waals surface area contributed by atoms with Crippen LogP contribution in [0.15, 0.2) is 18.2 Å². The Morgan fingerprint density at radius 2 is 2.06 bits per heavy atom. The molecule has 1 rings (SSSR count). The van der Waals surface area contributed by atoms with Crippen molar-refractivity contribution >= 4 is 28.5 Å². The van der Waals surface area contributed by atoms with Gasteiger partial charge in [-0.25, -0.2) is 0 Å². The van der Waals surface area contributed by atoms with Crippen LogP contribution in [0.1, 0.15) is 37.0 Å². The topological polar surface area (TPSA) is 75.3 Å². The SMILES string of the molecule is CCC(CC)(CN)NC(=O)c1ccc(I)c(O)c1. The number of hydrogen-bond donors (Lipinski definition) is 3. The summed E-state index contributed by atoms with van der Waals surface area (Å²) in [6.07, 6.45) is 1.56. The van der Waals surface area contributed by atoms with Gasteiger partial charge in [0, 0.05) is 12.1 Å². The molecule has 0 atom stereocenters. The first-order valence-corrected chi connectivity index (χ1v) is 7.07. The van der Waals surface area contributed by atoms with Crippen LogP contribution in [0.4, 0.5) is 0 Å². The maximum atomic E-state index is 12.1. The van der Waals surface area contributed by atoms with Gasteiger partial charge in [-0.3, -0.25) is 4.79 Å². The molecule has 4 N–H and O–H groups in total. The summed E-state index contributed by atoms with van der Waals surface area (Å²) in [5.41, 5.74) is 5.83. The van der Waals surface area contributed by atoms with E-state index < -0.39 is 0 Å². The summed E-state index contributed by atoms with van der Waals surface area (Å²) >= 11 is 2.01. The van der Waals surface area contributed by atoms with E-state index >= 15 is 0 Å². The van der Waals surface area contributed by atoms with E-state index in [2.05, 4.69) is 5.32 Å². The molecule has 5 heteroatoms. The Bertz CT molecular complexity index is 423. The van der Waals surface area contributed by atoms with Gasteiger partial charge >= 0.3 is 0 Å². The van der Waals surface area contributed by atoms with E-state index in [1.54, 1.807) is 12.1 Å². The molecule has 0 saturated heterocycles. The Morgan fingerprint density at radius 3 is 2.50 bits per heavy atom. The monoisotopic (exact) mass is 362 g/mol. The van der Waals surface area contributed by atoms with Crippen LogP contribution in [0.2, 0.25) is 0 Å². The van der Waals surface area contributed by atoms with Gasteiger partial charge in [-0.1, -0.05) is 13.8 Å². The first-order chi connectivity index (χ1) is 8.48. The van der Waals surface area contributed by atoms with Crippen LogP contribution in [0.3, 0.4) is 0 Å². The van der Waals surface area contributed by atoms with Gasteiger partial charge in [0.05, 0.1) is 9.11 Å². The highest BCUT2D eigenvalue weighted by molar-refractivity contribution is 14.1. The van der Waals surface area contributed by atoms with Gasteiger partial charge in [0.15, 0.2) is 0 Å². The van der Waals surface area contributed by atoms with Gasteiger partial charge in [-0.2, -0.15) is 0 Å². The number of hydrogen-bond acceptors (Lipinski definition) is 3. The molecule has 4 nitrogen and oxygen atoms in total. The predicted octanol–water partition coefficient (Wildman–Crippen LogP) is 2.24. The number of amides is 1. The molecule has 18 heavy (non-hydrogen) atoms. The normalized spacial score (nSPS) is 11.3. The molecule has 1 amide bonds. The number of carbonyl (C=O) groups is 1. The average molecular weight is 362 g/mol. The quantitative estimate of drug-likeness (QED) is 0.704. The van der Waals surface area contributed by atoms with Crippen molar-refractivity contribution in [2.75, 3.05) is 6.54 Å². The summed E-state index contributed by atoms with van der Waals surface area (Å²) in [6, 6.07) is 4.89. The van der Waals surface area contributed by atoms with Crippen LogP contribution >= 0.6 is 22.6 Å². The molecule has 0 radical (unpaired) electrons. The van der Waals surface area contributed by atoms with Crippen molar-refractivity contribution in [3.05, 3.63) is 27.3 Å². The summed E-state index contributed by atoms with van der Waals surface area (Å²) in [5.74, 6) is -0.0783. The first kappa shape index (κ1) is 15.2. The fourth-order valence-electron chi connectivity index (χ4n) is 1.73. The van der Waals surface area contributed by atoms with Gasteiger partial charge in [-0.05, 0) is 53.6 Å². The largest absolute Gasteiger partial charge is 0.507 e. The molecule has 100 valence electrons. The van der Waals surface area contributed by atoms with Gasteiger partial charge in [0.1, 0.15) is 5.75 Å². The molecule has 0 heterocycles. The molecule has 0 unspecified atom stereocenters. The molecule has 0 saturated carbocycles. The minimum Gasteiger partial charge on any atom is -0.507 e. The lowest BCUT2D eigenvalue weighted by Crippen LogP contribution is -2.52. The number of rotatable bonds is 5. The highest BCUT2D eigenvalue weighted by atomic mass is 127. The molecule has 0 aliphatic carbocycles. The minimum absolute atomic E-state index is 0.120. The lowest BCUT2D eigenvalue weighted by molar-refractivity contribution is 0.0895. The van der Waals surface area contributed by atoms with Crippen LogP contribution in [0.25, 0.3) is 0 Å². The van der Waals surface area contributed by atoms with E-state index in [-0.39, 0.29) is 17.2 Å². The maximum Gasteiger partial charge on any atom is 0.251 e. The Labute approximate surface area is 121 Å². The van der Waals surface area contributed by atoms with Gasteiger partial charge < -0.3 is 16.2 Å². The third-order valence-electron chi connectivity index (χ3n) is 3.33. The van der Waals surface area contributed by atoms with Crippen molar-refractivity contribution in [3.8, 4) is 5.75 Å². The van der Waals surface area contributed by atoms with Crippen molar-refractivity contribution < 1.29 is 9.90 Å². The molecule has 0 fully saturated rings. The van der Waals surface area contributed by atoms with E-state index in [9.17, 15) is 9.90 Å². The van der Waals surface area contributed by atoms with Gasteiger partial charge in [0.25, 0.3) is 5.91 Å². The second-order valence-corrected chi connectivity index (χ2v) is 5.47. The van der Waals surface area contributed by atoms with Crippen molar-refractivity contribution in [2.24, 2.45) is 5.73 Å². The molecule has 0 bridgehead atoms. The van der Waals surface area contributed by atoms with E-state index in [0.29, 0.717) is 12.1 Å². The first-order valence-electron chi connectivity index (χ1n) is 5.99. The predicted molar refractivity (Wildman–Crippen MR) is 80.7 cm³/mol. The summed E-state index contributed by atoms with van der Waals surface area (Å²) in [7, 11) is 0. The zero-order valence-corrected chi connectivity index (χ0v) is 12.8. The van der Waals surface area contributed by atoms with Crippen molar-refractivity contribution in [1.29, 1.82) is 0 Å². The summed E-state index contributed by atoms with van der Waals surface area (Å²) in [5, 5.41) is 12.6. The fraction of sp³-hybridized carbons (Fsp3) is 0.462. The van der Waals surface area contributed by atoms with E-state index in [0.717, 1.165) is 16.4 Å². The molecule has 0 aromatic heterocycles. The maximum absolute atomic E-state index is 12.1. The third-order valence-corrected chi connectivity index (χ3v) is 4.24. The second-order valence-electron chi connectivity index (χ2n) is 4.31. The molecule has 0 spiro atoms. The molecule has 1 aromatic rings. The van der Waals surface area contributed by atoms with Crippen molar-refractivity contribution in [2.45, 2.75) is 32.2 Å². The Hall–Kier alpha value is -0.820. The molecular formula is C13H19IN2O2. The van der Waals surface area contributed by atoms with E-state index in [1.807, 2.05) is 36.4 Å². The van der Waals surface area contributed by atoms with Crippen LogP contribution in [-0.4, -0.2) is 23.1 Å². The highest BCUT2D eigenvalue weighted by Crippen LogP contribution is 2.21. The third kappa shape index (κ3) is 3.35. The lowest BCUT2D eigenvalue weighted by Gasteiger charge is -2.31. The Balaban J connectivity index is 2.90. The molecule has 0 aliphatic heterocycles. The number of nitrogens with one attached hydrogen (secondary N) is 1. The molecule has 0 aliphatic rings. The number of nitrogens with two attached hydrogens (primary N) is 1. The standard InChI is InChI=1S/C13H19IN2O2/c1-3-13(4-2,8-15)16-12(18)9-5-6-10(14)11(17)7-9/h5-7,17H,3-4,8,15H2,1-2H3,(H,16,18). The minimum atomic E-state index is -0.365. The number of aromatic hydroxyl groups is 1. The van der Waals surface area contributed by atoms with Gasteiger partial charge in [-0.15, -0.1) is 0 Å². The highest BCUT2D eigenvalue weighted by Gasteiger charge is 2.26.